The summed E-state index contributed by atoms with van der Waals surface area (Å²) >= 11 is 0. The van der Waals surface area contributed by atoms with Crippen LogP contribution in [-0.2, 0) is 26.2 Å². The molecule has 192 valence electrons. The van der Waals surface area contributed by atoms with Crippen LogP contribution >= 0.6 is 0 Å². The normalized spacial score (nSPS) is 12.9. The van der Waals surface area contributed by atoms with Gasteiger partial charge in [-0.3, -0.25) is 13.9 Å². The predicted molar refractivity (Wildman–Crippen MR) is 136 cm³/mol. The van der Waals surface area contributed by atoms with Crippen molar-refractivity contribution in [3.05, 3.63) is 54.1 Å². The molecule has 0 heterocycles. The van der Waals surface area contributed by atoms with Gasteiger partial charge < -0.3 is 19.7 Å². The van der Waals surface area contributed by atoms with E-state index in [1.807, 2.05) is 44.2 Å². The van der Waals surface area contributed by atoms with Crippen molar-refractivity contribution in [2.75, 3.05) is 31.3 Å². The number of nitrogens with one attached hydrogen (secondary N) is 1. The molecule has 0 unspecified atom stereocenters. The lowest BCUT2D eigenvalue weighted by Crippen LogP contribution is -2.52. The lowest BCUT2D eigenvalue weighted by Gasteiger charge is -2.32. The van der Waals surface area contributed by atoms with Crippen LogP contribution in [0, 0.1) is 0 Å². The number of carbonyl (C=O) groups excluding carboxylic acids is 2. The first kappa shape index (κ1) is 28.0. The minimum atomic E-state index is -3.88. The molecule has 0 aliphatic rings. The molecule has 2 amide bonds. The standard InChI is InChI=1S/C25H35N3O6S/c1-7-18(2)26-25(30)19(3)27(16-20-11-9-8-10-12-20)24(29)17-28(35(6,31)32)22-14-13-21(33-4)15-23(22)34-5/h8-15,18-19H,7,16-17H2,1-6H3,(H,26,30)/t18-,19-/m0/s1. The Morgan fingerprint density at radius 1 is 1.03 bits per heavy atom. The zero-order chi connectivity index (χ0) is 26.2. The highest BCUT2D eigenvalue weighted by Crippen LogP contribution is 2.33. The third kappa shape index (κ3) is 7.61. The summed E-state index contributed by atoms with van der Waals surface area (Å²) in [6.07, 6.45) is 1.76. The van der Waals surface area contributed by atoms with Gasteiger partial charge in [-0.2, -0.15) is 0 Å². The number of amides is 2. The van der Waals surface area contributed by atoms with Crippen molar-refractivity contribution in [3.8, 4) is 11.5 Å². The van der Waals surface area contributed by atoms with Crippen LogP contribution in [-0.4, -0.2) is 64.2 Å². The first-order valence-electron chi connectivity index (χ1n) is 11.3. The van der Waals surface area contributed by atoms with Crippen molar-refractivity contribution in [2.24, 2.45) is 0 Å². The summed E-state index contributed by atoms with van der Waals surface area (Å²) in [6, 6.07) is 13.0. The fourth-order valence-electron chi connectivity index (χ4n) is 3.41. The third-order valence-electron chi connectivity index (χ3n) is 5.70. The summed E-state index contributed by atoms with van der Waals surface area (Å²) in [5, 5.41) is 2.90. The second kappa shape index (κ2) is 12.4. The van der Waals surface area contributed by atoms with Crippen molar-refractivity contribution in [3.63, 3.8) is 0 Å². The Balaban J connectivity index is 2.43. The van der Waals surface area contributed by atoms with E-state index in [0.717, 1.165) is 22.5 Å². The molecule has 0 saturated carbocycles. The second-order valence-corrected chi connectivity index (χ2v) is 10.2. The van der Waals surface area contributed by atoms with Gasteiger partial charge in [-0.1, -0.05) is 37.3 Å². The van der Waals surface area contributed by atoms with Crippen LogP contribution in [0.1, 0.15) is 32.8 Å². The number of ether oxygens (including phenoxy) is 2. The van der Waals surface area contributed by atoms with Gasteiger partial charge in [-0.15, -0.1) is 0 Å². The molecular weight excluding hydrogens is 470 g/mol. The van der Waals surface area contributed by atoms with Crippen LogP contribution in [0.25, 0.3) is 0 Å². The summed E-state index contributed by atoms with van der Waals surface area (Å²) in [7, 11) is -0.984. The number of rotatable bonds is 12. The fourth-order valence-corrected chi connectivity index (χ4v) is 4.27. The SMILES string of the molecule is CC[C@H](C)NC(=O)[C@H](C)N(Cc1ccccc1)C(=O)CN(c1ccc(OC)cc1OC)S(C)(=O)=O. The van der Waals surface area contributed by atoms with E-state index in [0.29, 0.717) is 5.75 Å². The van der Waals surface area contributed by atoms with Gasteiger partial charge in [0.05, 0.1) is 26.2 Å². The molecule has 10 heteroatoms. The number of methoxy groups -OCH3 is 2. The maximum atomic E-state index is 13.6. The molecule has 2 atom stereocenters. The molecule has 2 aromatic carbocycles. The summed E-state index contributed by atoms with van der Waals surface area (Å²) in [5.41, 5.74) is 1.01. The number of carbonyl (C=O) groups is 2. The molecule has 0 fully saturated rings. The maximum Gasteiger partial charge on any atom is 0.244 e. The van der Waals surface area contributed by atoms with Gasteiger partial charge in [0, 0.05) is 18.7 Å². The Hall–Kier alpha value is -3.27. The van der Waals surface area contributed by atoms with Crippen LogP contribution in [0.4, 0.5) is 5.69 Å². The van der Waals surface area contributed by atoms with Gasteiger partial charge >= 0.3 is 0 Å². The van der Waals surface area contributed by atoms with Crippen LogP contribution in [0.3, 0.4) is 0 Å². The Bertz CT molecular complexity index is 1110. The monoisotopic (exact) mass is 505 g/mol. The molecule has 2 rings (SSSR count). The van der Waals surface area contributed by atoms with Crippen LogP contribution < -0.4 is 19.1 Å². The summed E-state index contributed by atoms with van der Waals surface area (Å²) in [4.78, 5) is 27.9. The van der Waals surface area contributed by atoms with Crippen molar-refractivity contribution in [1.82, 2.24) is 10.2 Å². The lowest BCUT2D eigenvalue weighted by atomic mass is 10.1. The molecule has 2 aromatic rings. The van der Waals surface area contributed by atoms with Gasteiger partial charge in [0.1, 0.15) is 24.1 Å². The zero-order valence-corrected chi connectivity index (χ0v) is 22.0. The first-order valence-corrected chi connectivity index (χ1v) is 13.2. The number of sulfonamides is 1. The second-order valence-electron chi connectivity index (χ2n) is 8.31. The van der Waals surface area contributed by atoms with E-state index in [1.54, 1.807) is 19.1 Å². The number of hydrogen-bond acceptors (Lipinski definition) is 6. The Kier molecular flexibility index (Phi) is 9.94. The quantitative estimate of drug-likeness (QED) is 0.476. The molecule has 0 spiro atoms. The molecule has 0 aliphatic carbocycles. The van der Waals surface area contributed by atoms with Gasteiger partial charge in [0.2, 0.25) is 21.8 Å². The lowest BCUT2D eigenvalue weighted by molar-refractivity contribution is -0.139. The fraction of sp³-hybridized carbons (Fsp3) is 0.440. The number of nitrogens with zero attached hydrogens (tertiary/aromatic N) is 2. The molecule has 0 aromatic heterocycles. The van der Waals surface area contributed by atoms with E-state index in [-0.39, 0.29) is 29.9 Å². The molecule has 35 heavy (non-hydrogen) atoms. The summed E-state index contributed by atoms with van der Waals surface area (Å²) in [6.45, 7) is 5.11. The van der Waals surface area contributed by atoms with E-state index in [2.05, 4.69) is 5.32 Å². The number of benzene rings is 2. The molecule has 1 N–H and O–H groups in total. The first-order chi connectivity index (χ1) is 16.5. The molecule has 0 bridgehead atoms. The van der Waals surface area contributed by atoms with Crippen LogP contribution in [0.2, 0.25) is 0 Å². The van der Waals surface area contributed by atoms with Crippen LogP contribution in [0.5, 0.6) is 11.5 Å². The van der Waals surface area contributed by atoms with E-state index >= 15 is 0 Å². The molecule has 0 saturated heterocycles. The average molecular weight is 506 g/mol. The molecule has 0 radical (unpaired) electrons. The van der Waals surface area contributed by atoms with Crippen molar-refractivity contribution >= 4 is 27.5 Å². The van der Waals surface area contributed by atoms with Gasteiger partial charge in [0.25, 0.3) is 0 Å². The van der Waals surface area contributed by atoms with E-state index in [1.165, 1.54) is 25.2 Å². The minimum Gasteiger partial charge on any atom is -0.497 e. The minimum absolute atomic E-state index is 0.0605. The zero-order valence-electron chi connectivity index (χ0n) is 21.1. The Morgan fingerprint density at radius 2 is 1.69 bits per heavy atom. The molecular formula is C25H35N3O6S. The molecule has 0 aliphatic heterocycles. The number of anilines is 1. The van der Waals surface area contributed by atoms with Crippen molar-refractivity contribution < 1.29 is 27.5 Å². The smallest absolute Gasteiger partial charge is 0.244 e. The summed E-state index contributed by atoms with van der Waals surface area (Å²) < 4.78 is 37.0. The highest BCUT2D eigenvalue weighted by Gasteiger charge is 2.31. The predicted octanol–water partition coefficient (Wildman–Crippen LogP) is 2.80. The third-order valence-corrected chi connectivity index (χ3v) is 6.83. The van der Waals surface area contributed by atoms with E-state index in [9.17, 15) is 18.0 Å². The van der Waals surface area contributed by atoms with E-state index < -0.39 is 28.5 Å². The van der Waals surface area contributed by atoms with Gasteiger partial charge in [-0.05, 0) is 38.0 Å². The van der Waals surface area contributed by atoms with Crippen LogP contribution in [0.15, 0.2) is 48.5 Å². The maximum absolute atomic E-state index is 13.6. The highest BCUT2D eigenvalue weighted by molar-refractivity contribution is 7.92. The topological polar surface area (TPSA) is 105 Å². The molecule has 9 nitrogen and oxygen atoms in total. The van der Waals surface area contributed by atoms with Crippen molar-refractivity contribution in [1.29, 1.82) is 0 Å². The summed E-state index contributed by atoms with van der Waals surface area (Å²) in [5.74, 6) is -0.119. The average Bonchev–Trinajstić information content (AvgIpc) is 2.84. The van der Waals surface area contributed by atoms with E-state index in [4.69, 9.17) is 9.47 Å². The van der Waals surface area contributed by atoms with Gasteiger partial charge in [-0.25, -0.2) is 8.42 Å². The van der Waals surface area contributed by atoms with Gasteiger partial charge in [0.15, 0.2) is 0 Å². The Morgan fingerprint density at radius 3 is 2.23 bits per heavy atom. The van der Waals surface area contributed by atoms with Crippen molar-refractivity contribution in [2.45, 2.75) is 45.8 Å². The Labute approximate surface area is 208 Å². The largest absolute Gasteiger partial charge is 0.497 e. The number of hydrogen-bond donors (Lipinski definition) is 1. The highest BCUT2D eigenvalue weighted by atomic mass is 32.2.